The van der Waals surface area contributed by atoms with Crippen molar-refractivity contribution in [3.8, 4) is 0 Å². The molecule has 2 heterocycles. The molecule has 1 fully saturated rings. The van der Waals surface area contributed by atoms with Crippen LogP contribution in [-0.2, 0) is 4.79 Å². The molecule has 0 amide bonds. The van der Waals surface area contributed by atoms with Crippen molar-refractivity contribution in [3.05, 3.63) is 81.4 Å². The quantitative estimate of drug-likeness (QED) is 0.602. The lowest BCUT2D eigenvalue weighted by Gasteiger charge is -2.33. The Hall–Kier alpha value is -3.02. The highest BCUT2D eigenvalue weighted by molar-refractivity contribution is 5.91. The van der Waals surface area contributed by atoms with Gasteiger partial charge in [-0.05, 0) is 11.1 Å². The zero-order valence-corrected chi connectivity index (χ0v) is 16.1. The minimum absolute atomic E-state index is 0.0350. The fourth-order valence-electron chi connectivity index (χ4n) is 4.40. The van der Waals surface area contributed by atoms with Gasteiger partial charge in [0, 0.05) is 15.9 Å². The van der Waals surface area contributed by atoms with Crippen molar-refractivity contribution in [3.63, 3.8) is 0 Å². The van der Waals surface area contributed by atoms with E-state index >= 15 is 0 Å². The Morgan fingerprint density at radius 1 is 1.07 bits per heavy atom. The van der Waals surface area contributed by atoms with Crippen LogP contribution in [0.3, 0.4) is 0 Å². The van der Waals surface area contributed by atoms with E-state index < -0.39 is 29.5 Å². The van der Waals surface area contributed by atoms with Gasteiger partial charge < -0.3 is 0 Å². The van der Waals surface area contributed by atoms with Crippen molar-refractivity contribution < 1.29 is 9.72 Å². The van der Waals surface area contributed by atoms with Crippen molar-refractivity contribution in [1.29, 1.82) is 0 Å². The summed E-state index contributed by atoms with van der Waals surface area (Å²) >= 11 is 0. The SMILES string of the molecule is CC(C)(C)C(=O)[C@@H]1[C@H](c2ccccc2)[C@H]([N+](=O)[O-])[C@H]2c3ccccc3C=NN12. The van der Waals surface area contributed by atoms with Gasteiger partial charge in [-0.2, -0.15) is 5.10 Å². The molecule has 0 saturated carbocycles. The lowest BCUT2D eigenvalue weighted by molar-refractivity contribution is -0.529. The number of hydrogen-bond acceptors (Lipinski definition) is 5. The van der Waals surface area contributed by atoms with E-state index in [-0.39, 0.29) is 10.7 Å². The zero-order chi connectivity index (χ0) is 20.1. The monoisotopic (exact) mass is 377 g/mol. The average Bonchev–Trinajstić information content (AvgIpc) is 3.03. The number of fused-ring (bicyclic) bond motifs is 3. The minimum Gasteiger partial charge on any atom is -0.297 e. The number of Topliss-reactive ketones (excluding diaryl/α,β-unsaturated/α-hetero) is 1. The Morgan fingerprint density at radius 2 is 1.71 bits per heavy atom. The van der Waals surface area contributed by atoms with E-state index in [0.29, 0.717) is 0 Å². The van der Waals surface area contributed by atoms with Crippen LogP contribution in [0.2, 0.25) is 0 Å². The first-order valence-electron chi connectivity index (χ1n) is 9.44. The van der Waals surface area contributed by atoms with Gasteiger partial charge in [0.25, 0.3) is 0 Å². The van der Waals surface area contributed by atoms with Gasteiger partial charge >= 0.3 is 0 Å². The second-order valence-electron chi connectivity index (χ2n) is 8.47. The number of benzene rings is 2. The Balaban J connectivity index is 1.94. The molecule has 0 N–H and O–H groups in total. The smallest absolute Gasteiger partial charge is 0.248 e. The zero-order valence-electron chi connectivity index (χ0n) is 16.1. The molecular weight excluding hydrogens is 354 g/mol. The van der Waals surface area contributed by atoms with Crippen molar-refractivity contribution >= 4 is 12.0 Å². The second-order valence-corrected chi connectivity index (χ2v) is 8.47. The summed E-state index contributed by atoms with van der Waals surface area (Å²) in [6.07, 6.45) is 1.71. The molecule has 2 aliphatic rings. The third-order valence-electron chi connectivity index (χ3n) is 5.68. The number of hydrazone groups is 1. The van der Waals surface area contributed by atoms with Gasteiger partial charge in [0.1, 0.15) is 12.1 Å². The van der Waals surface area contributed by atoms with Crippen LogP contribution >= 0.6 is 0 Å². The van der Waals surface area contributed by atoms with Crippen LogP contribution in [0, 0.1) is 15.5 Å². The summed E-state index contributed by atoms with van der Waals surface area (Å²) in [6, 6.07) is 14.7. The first-order chi connectivity index (χ1) is 13.3. The number of nitrogens with zero attached hydrogens (tertiary/aromatic N) is 3. The van der Waals surface area contributed by atoms with Crippen molar-refractivity contribution in [2.24, 2.45) is 10.5 Å². The van der Waals surface area contributed by atoms with E-state index in [9.17, 15) is 14.9 Å². The summed E-state index contributed by atoms with van der Waals surface area (Å²) in [5, 5.41) is 18.5. The average molecular weight is 377 g/mol. The number of rotatable bonds is 3. The highest BCUT2D eigenvalue weighted by Gasteiger charge is 2.61. The maximum Gasteiger partial charge on any atom is 0.248 e. The predicted molar refractivity (Wildman–Crippen MR) is 107 cm³/mol. The first-order valence-corrected chi connectivity index (χ1v) is 9.44. The Bertz CT molecular complexity index is 949. The number of ketones is 1. The number of hydrogen-bond donors (Lipinski definition) is 0. The molecule has 144 valence electrons. The molecule has 4 atom stereocenters. The lowest BCUT2D eigenvalue weighted by Crippen LogP contribution is -2.43. The summed E-state index contributed by atoms with van der Waals surface area (Å²) in [5.41, 5.74) is 1.88. The molecule has 0 spiro atoms. The van der Waals surface area contributed by atoms with Crippen LogP contribution in [0.15, 0.2) is 59.7 Å². The molecule has 0 bridgehead atoms. The van der Waals surface area contributed by atoms with Gasteiger partial charge in [-0.15, -0.1) is 0 Å². The van der Waals surface area contributed by atoms with Gasteiger partial charge in [-0.3, -0.25) is 19.9 Å². The number of nitro groups is 1. The molecule has 6 heteroatoms. The molecule has 0 aromatic heterocycles. The number of carbonyl (C=O) groups excluding carboxylic acids is 1. The molecule has 6 nitrogen and oxygen atoms in total. The molecule has 28 heavy (non-hydrogen) atoms. The Labute approximate surface area is 164 Å². The Morgan fingerprint density at radius 3 is 2.36 bits per heavy atom. The van der Waals surface area contributed by atoms with Gasteiger partial charge in [0.05, 0.1) is 12.1 Å². The second kappa shape index (κ2) is 6.55. The van der Waals surface area contributed by atoms with E-state index in [0.717, 1.165) is 16.7 Å². The molecule has 2 aromatic carbocycles. The minimum atomic E-state index is -0.961. The van der Waals surface area contributed by atoms with Crippen LogP contribution in [0.25, 0.3) is 0 Å². The van der Waals surface area contributed by atoms with Crippen LogP contribution in [0.4, 0.5) is 0 Å². The van der Waals surface area contributed by atoms with Gasteiger partial charge in [0.2, 0.25) is 6.04 Å². The molecule has 0 aliphatic carbocycles. The Kier molecular flexibility index (Phi) is 4.29. The first kappa shape index (κ1) is 18.3. The van der Waals surface area contributed by atoms with Crippen LogP contribution in [0.5, 0.6) is 0 Å². The largest absolute Gasteiger partial charge is 0.297 e. The molecule has 2 aromatic rings. The third-order valence-corrected chi connectivity index (χ3v) is 5.68. The molecule has 0 radical (unpaired) electrons. The van der Waals surface area contributed by atoms with E-state index in [1.54, 1.807) is 11.2 Å². The van der Waals surface area contributed by atoms with E-state index in [1.165, 1.54) is 0 Å². The highest BCUT2D eigenvalue weighted by Crippen LogP contribution is 2.50. The molecule has 1 saturated heterocycles. The van der Waals surface area contributed by atoms with E-state index in [4.69, 9.17) is 0 Å². The van der Waals surface area contributed by atoms with Crippen molar-refractivity contribution in [2.75, 3.05) is 0 Å². The van der Waals surface area contributed by atoms with Gasteiger partial charge in [-0.1, -0.05) is 75.4 Å². The van der Waals surface area contributed by atoms with Crippen LogP contribution in [-0.4, -0.2) is 34.0 Å². The summed E-state index contributed by atoms with van der Waals surface area (Å²) in [5.74, 6) is -0.608. The molecule has 2 aliphatic heterocycles. The van der Waals surface area contributed by atoms with Crippen LogP contribution < -0.4 is 0 Å². The van der Waals surface area contributed by atoms with E-state index in [2.05, 4.69) is 5.10 Å². The maximum atomic E-state index is 13.4. The summed E-state index contributed by atoms with van der Waals surface area (Å²) < 4.78 is 0. The summed E-state index contributed by atoms with van der Waals surface area (Å²) in [6.45, 7) is 5.56. The molecule has 4 rings (SSSR count). The fourth-order valence-corrected chi connectivity index (χ4v) is 4.40. The third kappa shape index (κ3) is 2.80. The van der Waals surface area contributed by atoms with Gasteiger partial charge in [-0.25, -0.2) is 0 Å². The molecular formula is C22H23N3O3. The predicted octanol–water partition coefficient (Wildman–Crippen LogP) is 3.80. The number of carbonyl (C=O) groups is 1. The summed E-state index contributed by atoms with van der Waals surface area (Å²) in [4.78, 5) is 25.5. The van der Waals surface area contributed by atoms with Crippen LogP contribution in [0.1, 0.15) is 49.4 Å². The highest BCUT2D eigenvalue weighted by atomic mass is 16.6. The van der Waals surface area contributed by atoms with E-state index in [1.807, 2.05) is 75.4 Å². The topological polar surface area (TPSA) is 75.8 Å². The lowest BCUT2D eigenvalue weighted by atomic mass is 9.78. The van der Waals surface area contributed by atoms with Crippen molar-refractivity contribution in [1.82, 2.24) is 5.01 Å². The summed E-state index contributed by atoms with van der Waals surface area (Å²) in [7, 11) is 0. The fraction of sp³-hybridized carbons (Fsp3) is 0.364. The normalized spacial score (nSPS) is 25.9. The molecule has 0 unspecified atom stereocenters. The standard InChI is InChI=1S/C22H23N3O3/c1-22(2,3)21(26)20-17(14-9-5-4-6-10-14)19(25(27)28)18-16-12-8-7-11-15(16)13-23-24(18)20/h4-13,17-20H,1-3H3/t17-,18-,19+,20+/m1/s1. The van der Waals surface area contributed by atoms with Gasteiger partial charge in [0.15, 0.2) is 5.78 Å². The van der Waals surface area contributed by atoms with Crippen molar-refractivity contribution in [2.45, 2.75) is 44.8 Å². The maximum absolute atomic E-state index is 13.4.